The summed E-state index contributed by atoms with van der Waals surface area (Å²) >= 11 is 0. The van der Waals surface area contributed by atoms with Gasteiger partial charge < -0.3 is 5.11 Å². The van der Waals surface area contributed by atoms with Crippen LogP contribution < -0.4 is 0 Å². The molecule has 0 saturated heterocycles. The Labute approximate surface area is 151 Å². The molecule has 3 aromatic rings. The molecule has 3 aromatic carbocycles. The average molecular weight is 350 g/mol. The van der Waals surface area contributed by atoms with Crippen LogP contribution in [-0.2, 0) is 16.4 Å². The van der Waals surface area contributed by atoms with Crippen molar-refractivity contribution in [2.24, 2.45) is 0 Å². The minimum atomic E-state index is -1.35. The summed E-state index contributed by atoms with van der Waals surface area (Å²) in [5.41, 5.74) is 1.47. The molecule has 0 saturated carbocycles. The molecule has 128 valence electrons. The topological polar surface area (TPSA) is 37.3 Å². The molecular formula is C22H22O2S. The Hall–Kier alpha value is -2.23. The van der Waals surface area contributed by atoms with Crippen molar-refractivity contribution in [3.8, 4) is 0 Å². The van der Waals surface area contributed by atoms with Gasteiger partial charge in [-0.05, 0) is 37.1 Å². The highest BCUT2D eigenvalue weighted by Gasteiger charge is 2.33. The van der Waals surface area contributed by atoms with Crippen LogP contribution >= 0.6 is 0 Å². The SMILES string of the molecule is CC[C@@](O)(c1ccccc1)c1ccccc1S(=O)c1ccc(C)cc1. The van der Waals surface area contributed by atoms with E-state index in [0.717, 1.165) is 16.0 Å². The molecule has 0 fully saturated rings. The van der Waals surface area contributed by atoms with Gasteiger partial charge in [-0.1, -0.05) is 73.2 Å². The van der Waals surface area contributed by atoms with Crippen LogP contribution in [0.4, 0.5) is 0 Å². The van der Waals surface area contributed by atoms with Crippen LogP contribution in [0.2, 0.25) is 0 Å². The van der Waals surface area contributed by atoms with E-state index in [1.54, 1.807) is 0 Å². The summed E-state index contributed by atoms with van der Waals surface area (Å²) in [6.45, 7) is 3.95. The fourth-order valence-electron chi connectivity index (χ4n) is 3.02. The summed E-state index contributed by atoms with van der Waals surface area (Å²) in [6, 6.07) is 24.7. The van der Waals surface area contributed by atoms with E-state index < -0.39 is 16.4 Å². The first kappa shape index (κ1) is 17.6. The van der Waals surface area contributed by atoms with Gasteiger partial charge in [-0.2, -0.15) is 0 Å². The molecule has 25 heavy (non-hydrogen) atoms. The highest BCUT2D eigenvalue weighted by atomic mass is 32.2. The van der Waals surface area contributed by atoms with Crippen molar-refractivity contribution in [1.82, 2.24) is 0 Å². The van der Waals surface area contributed by atoms with Crippen LogP contribution in [0.5, 0.6) is 0 Å². The molecule has 0 aliphatic rings. The summed E-state index contributed by atoms with van der Waals surface area (Å²) in [7, 11) is -1.35. The fourth-order valence-corrected chi connectivity index (χ4v) is 4.30. The third-order valence-electron chi connectivity index (χ3n) is 4.53. The molecule has 0 aliphatic carbocycles. The largest absolute Gasteiger partial charge is 0.380 e. The summed E-state index contributed by atoms with van der Waals surface area (Å²) in [5, 5.41) is 11.4. The van der Waals surface area contributed by atoms with Gasteiger partial charge in [-0.15, -0.1) is 0 Å². The third kappa shape index (κ3) is 3.44. The monoisotopic (exact) mass is 350 g/mol. The molecule has 0 bridgehead atoms. The van der Waals surface area contributed by atoms with Gasteiger partial charge in [-0.25, -0.2) is 4.21 Å². The fraction of sp³-hybridized carbons (Fsp3) is 0.182. The molecule has 0 amide bonds. The van der Waals surface area contributed by atoms with Gasteiger partial charge in [0.05, 0.1) is 15.7 Å². The van der Waals surface area contributed by atoms with Crippen molar-refractivity contribution in [2.45, 2.75) is 35.7 Å². The zero-order valence-corrected chi connectivity index (χ0v) is 15.3. The van der Waals surface area contributed by atoms with E-state index in [1.165, 1.54) is 0 Å². The quantitative estimate of drug-likeness (QED) is 0.717. The molecule has 0 aliphatic heterocycles. The Morgan fingerprint density at radius 1 is 0.880 bits per heavy atom. The molecule has 0 spiro atoms. The molecule has 0 aromatic heterocycles. The summed E-state index contributed by atoms with van der Waals surface area (Å²) in [5.74, 6) is 0. The van der Waals surface area contributed by atoms with E-state index in [0.29, 0.717) is 16.9 Å². The zero-order chi connectivity index (χ0) is 17.9. The molecule has 1 unspecified atom stereocenters. The lowest BCUT2D eigenvalue weighted by molar-refractivity contribution is 0.0737. The smallest absolute Gasteiger partial charge is 0.116 e. The van der Waals surface area contributed by atoms with E-state index in [-0.39, 0.29) is 0 Å². The highest BCUT2D eigenvalue weighted by Crippen LogP contribution is 2.37. The van der Waals surface area contributed by atoms with Crippen LogP contribution in [0.1, 0.15) is 30.0 Å². The van der Waals surface area contributed by atoms with Gasteiger partial charge in [0.15, 0.2) is 0 Å². The number of aryl methyl sites for hydroxylation is 1. The summed E-state index contributed by atoms with van der Waals surface area (Å²) in [4.78, 5) is 1.39. The third-order valence-corrected chi connectivity index (χ3v) is 5.99. The van der Waals surface area contributed by atoms with Gasteiger partial charge in [0, 0.05) is 10.5 Å². The van der Waals surface area contributed by atoms with E-state index >= 15 is 0 Å². The minimum Gasteiger partial charge on any atom is -0.380 e. The van der Waals surface area contributed by atoms with Crippen molar-refractivity contribution < 1.29 is 9.32 Å². The lowest BCUT2D eigenvalue weighted by Crippen LogP contribution is -2.28. The van der Waals surface area contributed by atoms with E-state index in [4.69, 9.17) is 0 Å². The average Bonchev–Trinajstić information content (AvgIpc) is 2.68. The van der Waals surface area contributed by atoms with Gasteiger partial charge in [0.1, 0.15) is 5.60 Å². The predicted molar refractivity (Wildman–Crippen MR) is 102 cm³/mol. The first-order valence-corrected chi connectivity index (χ1v) is 9.57. The lowest BCUT2D eigenvalue weighted by Gasteiger charge is -2.30. The van der Waals surface area contributed by atoms with Crippen molar-refractivity contribution in [3.63, 3.8) is 0 Å². The molecule has 3 rings (SSSR count). The number of aliphatic hydroxyl groups is 1. The Balaban J connectivity index is 2.12. The second kappa shape index (κ2) is 7.34. The van der Waals surface area contributed by atoms with Gasteiger partial charge in [-0.3, -0.25) is 0 Å². The maximum atomic E-state index is 13.2. The molecular weight excluding hydrogens is 328 g/mol. The molecule has 1 N–H and O–H groups in total. The first-order chi connectivity index (χ1) is 12.1. The zero-order valence-electron chi connectivity index (χ0n) is 14.5. The lowest BCUT2D eigenvalue weighted by atomic mass is 9.84. The van der Waals surface area contributed by atoms with Crippen LogP contribution in [0, 0.1) is 6.92 Å². The highest BCUT2D eigenvalue weighted by molar-refractivity contribution is 7.85. The van der Waals surface area contributed by atoms with Gasteiger partial charge in [0.2, 0.25) is 0 Å². The second-order valence-corrected chi connectivity index (χ2v) is 7.61. The van der Waals surface area contributed by atoms with Crippen LogP contribution in [0.25, 0.3) is 0 Å². The molecule has 0 radical (unpaired) electrons. The van der Waals surface area contributed by atoms with Gasteiger partial charge in [0.25, 0.3) is 0 Å². The Kier molecular flexibility index (Phi) is 5.16. The number of hydrogen-bond donors (Lipinski definition) is 1. The number of hydrogen-bond acceptors (Lipinski definition) is 2. The molecule has 0 heterocycles. The van der Waals surface area contributed by atoms with Crippen molar-refractivity contribution in [3.05, 3.63) is 95.6 Å². The van der Waals surface area contributed by atoms with E-state index in [2.05, 4.69) is 0 Å². The molecule has 2 nitrogen and oxygen atoms in total. The van der Waals surface area contributed by atoms with Crippen molar-refractivity contribution in [1.29, 1.82) is 0 Å². The Morgan fingerprint density at radius 2 is 1.48 bits per heavy atom. The predicted octanol–water partition coefficient (Wildman–Crippen LogP) is 4.81. The van der Waals surface area contributed by atoms with Crippen molar-refractivity contribution in [2.75, 3.05) is 0 Å². The summed E-state index contributed by atoms with van der Waals surface area (Å²) in [6.07, 6.45) is 0.499. The summed E-state index contributed by atoms with van der Waals surface area (Å²) < 4.78 is 13.2. The molecule has 2 atom stereocenters. The first-order valence-electron chi connectivity index (χ1n) is 8.42. The Bertz CT molecular complexity index is 872. The number of benzene rings is 3. The maximum absolute atomic E-state index is 13.2. The van der Waals surface area contributed by atoms with Crippen molar-refractivity contribution >= 4 is 10.8 Å². The molecule has 3 heteroatoms. The van der Waals surface area contributed by atoms with E-state index in [9.17, 15) is 9.32 Å². The second-order valence-electron chi connectivity index (χ2n) is 6.16. The standard InChI is InChI=1S/C22H22O2S/c1-3-22(23,18-9-5-4-6-10-18)20-11-7-8-12-21(20)25(24)19-15-13-17(2)14-16-19/h4-16,23H,3H2,1-2H3/t22-,25?/m1/s1. The maximum Gasteiger partial charge on any atom is 0.116 e. The van der Waals surface area contributed by atoms with Crippen LogP contribution in [0.15, 0.2) is 88.7 Å². The normalized spacial score (nSPS) is 14.7. The van der Waals surface area contributed by atoms with Gasteiger partial charge >= 0.3 is 0 Å². The van der Waals surface area contributed by atoms with Crippen LogP contribution in [-0.4, -0.2) is 9.32 Å². The van der Waals surface area contributed by atoms with Crippen LogP contribution in [0.3, 0.4) is 0 Å². The number of rotatable bonds is 5. The minimum absolute atomic E-state index is 0.499. The van der Waals surface area contributed by atoms with E-state index in [1.807, 2.05) is 92.7 Å². The Morgan fingerprint density at radius 3 is 2.12 bits per heavy atom.